The molecule has 0 amide bonds. The Morgan fingerprint density at radius 3 is 1.50 bits per heavy atom. The summed E-state index contributed by atoms with van der Waals surface area (Å²) in [5, 5.41) is 34.1. The predicted octanol–water partition coefficient (Wildman–Crippen LogP) is -2.29. The van der Waals surface area contributed by atoms with Crippen LogP contribution in [0, 0.1) is 0 Å². The molecule has 0 aromatic rings. The second-order valence-electron chi connectivity index (χ2n) is 2.21. The first-order chi connectivity index (χ1) is 5.20. The first-order valence-electron chi connectivity index (χ1n) is 3.36. The number of rotatable bonds is 6. The van der Waals surface area contributed by atoms with E-state index < -0.39 is 12.2 Å². The zero-order chi connectivity index (χ0) is 8.69. The summed E-state index contributed by atoms with van der Waals surface area (Å²) in [6, 6.07) is 0. The second kappa shape index (κ2) is 9.47. The normalized spacial score (nSPS) is 15.0. The van der Waals surface area contributed by atoms with E-state index in [1.807, 2.05) is 0 Å². The molecule has 73 valence electrons. The third kappa shape index (κ3) is 8.48. The molecule has 2 atom stereocenters. The SMILES string of the molecule is OCC(O)COCC(O)CO.[V]. The summed E-state index contributed by atoms with van der Waals surface area (Å²) in [6.07, 6.45) is -1.83. The Labute approximate surface area is 82.9 Å². The van der Waals surface area contributed by atoms with E-state index in [-0.39, 0.29) is 45.0 Å². The molecular weight excluding hydrogens is 203 g/mol. The van der Waals surface area contributed by atoms with Gasteiger partial charge in [0.15, 0.2) is 0 Å². The van der Waals surface area contributed by atoms with Crippen LogP contribution in [0.5, 0.6) is 0 Å². The van der Waals surface area contributed by atoms with Crippen LogP contribution in [0.15, 0.2) is 0 Å². The Morgan fingerprint density at radius 1 is 0.917 bits per heavy atom. The van der Waals surface area contributed by atoms with Crippen LogP contribution in [-0.4, -0.2) is 59.1 Å². The van der Waals surface area contributed by atoms with Crippen molar-refractivity contribution in [2.45, 2.75) is 12.2 Å². The molecule has 0 rings (SSSR count). The zero-order valence-electron chi connectivity index (χ0n) is 6.63. The van der Waals surface area contributed by atoms with Crippen LogP contribution in [0.2, 0.25) is 0 Å². The third-order valence-corrected chi connectivity index (χ3v) is 1.04. The van der Waals surface area contributed by atoms with E-state index in [0.29, 0.717) is 0 Å². The fourth-order valence-corrected chi connectivity index (χ4v) is 0.446. The first-order valence-corrected chi connectivity index (χ1v) is 3.36. The van der Waals surface area contributed by atoms with Gasteiger partial charge in [-0.2, -0.15) is 0 Å². The molecule has 0 aliphatic carbocycles. The maximum absolute atomic E-state index is 8.72. The Hall–Kier alpha value is 0.384. The number of aliphatic hydroxyl groups is 4. The van der Waals surface area contributed by atoms with Gasteiger partial charge in [0, 0.05) is 18.6 Å². The van der Waals surface area contributed by atoms with Crippen molar-refractivity contribution < 1.29 is 43.7 Å². The van der Waals surface area contributed by atoms with E-state index in [9.17, 15) is 0 Å². The first kappa shape index (κ1) is 14.9. The average Bonchev–Trinajstić information content (AvgIpc) is 2.04. The molecule has 12 heavy (non-hydrogen) atoms. The molecule has 0 bridgehead atoms. The van der Waals surface area contributed by atoms with E-state index in [1.54, 1.807) is 0 Å². The summed E-state index contributed by atoms with van der Waals surface area (Å²) in [6.45, 7) is -0.800. The van der Waals surface area contributed by atoms with Gasteiger partial charge in [0.05, 0.1) is 26.4 Å². The Kier molecular flexibility index (Phi) is 11.7. The fraction of sp³-hybridized carbons (Fsp3) is 1.00. The molecule has 5 nitrogen and oxygen atoms in total. The van der Waals surface area contributed by atoms with Gasteiger partial charge in [-0.3, -0.25) is 0 Å². The van der Waals surface area contributed by atoms with Gasteiger partial charge in [-0.15, -0.1) is 0 Å². The van der Waals surface area contributed by atoms with Crippen LogP contribution in [-0.2, 0) is 23.3 Å². The van der Waals surface area contributed by atoms with Gasteiger partial charge in [-0.25, -0.2) is 0 Å². The smallest absolute Gasteiger partial charge is 0.100 e. The van der Waals surface area contributed by atoms with E-state index in [2.05, 4.69) is 0 Å². The van der Waals surface area contributed by atoms with Crippen molar-refractivity contribution in [2.24, 2.45) is 0 Å². The third-order valence-electron chi connectivity index (χ3n) is 1.04. The van der Waals surface area contributed by atoms with Gasteiger partial charge in [-0.05, 0) is 0 Å². The number of hydrogen-bond donors (Lipinski definition) is 4. The van der Waals surface area contributed by atoms with Crippen molar-refractivity contribution in [1.29, 1.82) is 0 Å². The summed E-state index contributed by atoms with van der Waals surface area (Å²) in [4.78, 5) is 0. The van der Waals surface area contributed by atoms with Crippen molar-refractivity contribution in [3.05, 3.63) is 0 Å². The Balaban J connectivity index is 0. The van der Waals surface area contributed by atoms with Crippen molar-refractivity contribution >= 4 is 0 Å². The minimum atomic E-state index is -0.916. The number of ether oxygens (including phenoxy) is 1. The monoisotopic (exact) mass is 217 g/mol. The van der Waals surface area contributed by atoms with Gasteiger partial charge < -0.3 is 25.2 Å². The molecule has 6 heteroatoms. The fourth-order valence-electron chi connectivity index (χ4n) is 0.446. The summed E-state index contributed by atoms with van der Waals surface area (Å²) in [5.74, 6) is 0. The molecule has 0 spiro atoms. The van der Waals surface area contributed by atoms with Gasteiger partial charge in [-0.1, -0.05) is 0 Å². The molecule has 0 aromatic heterocycles. The summed E-state index contributed by atoms with van der Waals surface area (Å²) < 4.78 is 4.72. The maximum atomic E-state index is 8.72. The molecular formula is C6H14O5V. The van der Waals surface area contributed by atoms with Crippen molar-refractivity contribution in [2.75, 3.05) is 26.4 Å². The predicted molar refractivity (Wildman–Crippen MR) is 37.0 cm³/mol. The largest absolute Gasteiger partial charge is 0.394 e. The van der Waals surface area contributed by atoms with Crippen molar-refractivity contribution in [3.63, 3.8) is 0 Å². The van der Waals surface area contributed by atoms with Crippen LogP contribution in [0.3, 0.4) is 0 Å². The van der Waals surface area contributed by atoms with Gasteiger partial charge in [0.25, 0.3) is 0 Å². The Morgan fingerprint density at radius 2 is 1.25 bits per heavy atom. The van der Waals surface area contributed by atoms with Crippen molar-refractivity contribution in [3.8, 4) is 0 Å². The molecule has 0 fully saturated rings. The van der Waals surface area contributed by atoms with Gasteiger partial charge in [0.1, 0.15) is 12.2 Å². The molecule has 0 aliphatic heterocycles. The van der Waals surface area contributed by atoms with Crippen molar-refractivity contribution in [1.82, 2.24) is 0 Å². The van der Waals surface area contributed by atoms with Gasteiger partial charge in [0.2, 0.25) is 0 Å². The number of aliphatic hydroxyl groups excluding tert-OH is 4. The molecule has 0 heterocycles. The molecule has 0 saturated heterocycles. The summed E-state index contributed by atoms with van der Waals surface area (Å²) >= 11 is 0. The molecule has 0 saturated carbocycles. The van der Waals surface area contributed by atoms with Crippen LogP contribution in [0.25, 0.3) is 0 Å². The quantitative estimate of drug-likeness (QED) is 0.402. The minimum absolute atomic E-state index is 0. The molecule has 1 radical (unpaired) electrons. The van der Waals surface area contributed by atoms with Crippen LogP contribution >= 0.6 is 0 Å². The van der Waals surface area contributed by atoms with E-state index in [1.165, 1.54) is 0 Å². The van der Waals surface area contributed by atoms with Crippen LogP contribution < -0.4 is 0 Å². The maximum Gasteiger partial charge on any atom is 0.100 e. The topological polar surface area (TPSA) is 90.2 Å². The minimum Gasteiger partial charge on any atom is -0.394 e. The van der Waals surface area contributed by atoms with E-state index in [0.717, 1.165) is 0 Å². The molecule has 0 aromatic carbocycles. The van der Waals surface area contributed by atoms with Gasteiger partial charge >= 0.3 is 0 Å². The molecule has 2 unspecified atom stereocenters. The van der Waals surface area contributed by atoms with Crippen LogP contribution in [0.1, 0.15) is 0 Å². The second-order valence-corrected chi connectivity index (χ2v) is 2.21. The van der Waals surface area contributed by atoms with Crippen LogP contribution in [0.4, 0.5) is 0 Å². The average molecular weight is 217 g/mol. The summed E-state index contributed by atoms with van der Waals surface area (Å²) in [7, 11) is 0. The van der Waals surface area contributed by atoms with E-state index in [4.69, 9.17) is 25.2 Å². The molecule has 0 aliphatic rings. The number of hydrogen-bond acceptors (Lipinski definition) is 5. The Bertz CT molecular complexity index is 82.0. The zero-order valence-corrected chi connectivity index (χ0v) is 8.02. The summed E-state index contributed by atoms with van der Waals surface area (Å²) in [5.41, 5.74) is 0. The van der Waals surface area contributed by atoms with E-state index >= 15 is 0 Å². The standard InChI is InChI=1S/C6H14O5.V/c7-1-5(9)3-11-4-6(10)2-8;/h5-10H,1-4H2;. The molecule has 4 N–H and O–H groups in total.